The third-order valence-corrected chi connectivity index (χ3v) is 7.89. The van der Waals surface area contributed by atoms with Gasteiger partial charge in [-0.2, -0.15) is 13.5 Å². The maximum Gasteiger partial charge on any atom is 0.421 e. The van der Waals surface area contributed by atoms with Crippen LogP contribution < -0.4 is 5.32 Å². The maximum atomic E-state index is 13.1. The van der Waals surface area contributed by atoms with Crippen LogP contribution in [0.4, 0.5) is 9.59 Å². The van der Waals surface area contributed by atoms with E-state index in [0.29, 0.717) is 43.8 Å². The zero-order valence-corrected chi connectivity index (χ0v) is 25.3. The molecule has 3 fully saturated rings. The van der Waals surface area contributed by atoms with Gasteiger partial charge in [-0.15, -0.1) is 4.28 Å². The number of carbonyl (C=O) groups is 5. The summed E-state index contributed by atoms with van der Waals surface area (Å²) in [5.74, 6) is -1.85. The predicted octanol–water partition coefficient (Wildman–Crippen LogP) is 0.911. The molecule has 3 aliphatic heterocycles. The molecule has 0 aliphatic carbocycles. The highest BCUT2D eigenvalue weighted by molar-refractivity contribution is 7.81. The van der Waals surface area contributed by atoms with Gasteiger partial charge in [-0.1, -0.05) is 13.8 Å². The molecule has 2 atom stereocenters. The molecule has 0 aromatic carbocycles. The van der Waals surface area contributed by atoms with E-state index in [9.17, 15) is 32.4 Å². The van der Waals surface area contributed by atoms with E-state index in [1.165, 1.54) is 23.6 Å². The lowest BCUT2D eigenvalue weighted by Gasteiger charge is -2.34. The van der Waals surface area contributed by atoms with E-state index in [4.69, 9.17) is 22.7 Å². The van der Waals surface area contributed by atoms with Gasteiger partial charge in [-0.05, 0) is 46.5 Å². The third-order valence-electron chi connectivity index (χ3n) is 7.14. The maximum absolute atomic E-state index is 13.1. The normalized spacial score (nSPS) is 21.4. The highest BCUT2D eigenvalue weighted by Gasteiger charge is 2.50. The van der Waals surface area contributed by atoms with Gasteiger partial charge in [-0.3, -0.25) is 14.4 Å². The zero-order chi connectivity index (χ0) is 31.2. The molecular formula is C25H40N4O12S. The Hall–Kier alpha value is -3.18. The van der Waals surface area contributed by atoms with Crippen molar-refractivity contribution in [3.8, 4) is 0 Å². The number of hydrogen-bond acceptors (Lipinski definition) is 12. The third kappa shape index (κ3) is 8.44. The van der Waals surface area contributed by atoms with Gasteiger partial charge in [0.25, 0.3) is 0 Å². The molecule has 3 heterocycles. The minimum Gasteiger partial charge on any atom is -0.466 e. The fourth-order valence-electron chi connectivity index (χ4n) is 4.63. The molecule has 0 unspecified atom stereocenters. The summed E-state index contributed by atoms with van der Waals surface area (Å²) >= 11 is 0. The Morgan fingerprint density at radius 3 is 2.31 bits per heavy atom. The molecule has 17 heteroatoms. The summed E-state index contributed by atoms with van der Waals surface area (Å²) in [6, 6.07) is -2.47. The molecule has 0 aromatic heterocycles. The van der Waals surface area contributed by atoms with Crippen LogP contribution in [0.25, 0.3) is 0 Å². The minimum atomic E-state index is -4.70. The minimum absolute atomic E-state index is 0.0897. The summed E-state index contributed by atoms with van der Waals surface area (Å²) in [5.41, 5.74) is -1.27. The van der Waals surface area contributed by atoms with Gasteiger partial charge in [0, 0.05) is 25.7 Å². The Bertz CT molecular complexity index is 1140. The van der Waals surface area contributed by atoms with Crippen molar-refractivity contribution >= 4 is 40.4 Å². The van der Waals surface area contributed by atoms with Crippen LogP contribution in [0.5, 0.6) is 0 Å². The molecule has 16 nitrogen and oxygen atoms in total. The average Bonchev–Trinajstić information content (AvgIpc) is 3.16. The highest BCUT2D eigenvalue weighted by Crippen LogP contribution is 2.31. The molecule has 3 saturated heterocycles. The van der Waals surface area contributed by atoms with Gasteiger partial charge >= 0.3 is 34.5 Å². The predicted molar refractivity (Wildman–Crippen MR) is 142 cm³/mol. The Kier molecular flexibility index (Phi) is 11.0. The average molecular weight is 621 g/mol. The number of piperidine rings is 2. The Morgan fingerprint density at radius 2 is 1.69 bits per heavy atom. The number of rotatable bonds is 12. The van der Waals surface area contributed by atoms with E-state index >= 15 is 0 Å². The van der Waals surface area contributed by atoms with Crippen molar-refractivity contribution in [2.75, 3.05) is 39.6 Å². The van der Waals surface area contributed by atoms with Gasteiger partial charge in [0.15, 0.2) is 0 Å². The van der Waals surface area contributed by atoms with Gasteiger partial charge in [-0.25, -0.2) is 13.8 Å². The topological polar surface area (TPSA) is 187 Å². The van der Waals surface area contributed by atoms with Gasteiger partial charge in [0.05, 0.1) is 30.6 Å². The number of amides is 4. The van der Waals surface area contributed by atoms with E-state index in [-0.39, 0.29) is 31.0 Å². The first-order chi connectivity index (χ1) is 19.6. The fourth-order valence-corrected chi connectivity index (χ4v) is 5.49. The summed E-state index contributed by atoms with van der Waals surface area (Å²) in [6.07, 6.45) is 0.876. The number of fused-ring (bicyclic) bond motifs is 2. The number of nitrogens with one attached hydrogen (secondary N) is 1. The molecule has 238 valence electrons. The quantitative estimate of drug-likeness (QED) is 0.240. The van der Waals surface area contributed by atoms with E-state index < -0.39 is 65.4 Å². The fraction of sp³-hybridized carbons (Fsp3) is 0.800. The van der Waals surface area contributed by atoms with Gasteiger partial charge in [0.2, 0.25) is 12.7 Å². The van der Waals surface area contributed by atoms with Gasteiger partial charge < -0.3 is 29.3 Å². The summed E-state index contributed by atoms with van der Waals surface area (Å²) in [6.45, 7) is 7.64. The molecule has 2 bridgehead atoms. The lowest BCUT2D eigenvalue weighted by molar-refractivity contribution is -0.156. The highest BCUT2D eigenvalue weighted by atomic mass is 32.3. The second-order valence-electron chi connectivity index (χ2n) is 11.3. The molecule has 4 amide bonds. The lowest BCUT2D eigenvalue weighted by Crippen LogP contribution is -2.54. The molecule has 0 aromatic rings. The van der Waals surface area contributed by atoms with E-state index in [1.807, 2.05) is 0 Å². The molecule has 0 saturated carbocycles. The second-order valence-corrected chi connectivity index (χ2v) is 12.5. The Balaban J connectivity index is 1.46. The smallest absolute Gasteiger partial charge is 0.421 e. The molecule has 3 rings (SSSR count). The van der Waals surface area contributed by atoms with Crippen LogP contribution in [-0.4, -0.2) is 111 Å². The first kappa shape index (κ1) is 33.3. The van der Waals surface area contributed by atoms with Crippen LogP contribution in [0.1, 0.15) is 60.3 Å². The first-order valence-corrected chi connectivity index (χ1v) is 15.2. The number of carbonyl (C=O) groups excluding carboxylic acids is 5. The molecule has 0 spiro atoms. The van der Waals surface area contributed by atoms with Crippen LogP contribution in [0.2, 0.25) is 0 Å². The van der Waals surface area contributed by atoms with Crippen LogP contribution in [0, 0.1) is 11.3 Å². The van der Waals surface area contributed by atoms with Crippen LogP contribution >= 0.6 is 0 Å². The van der Waals surface area contributed by atoms with Crippen molar-refractivity contribution in [2.45, 2.75) is 78.4 Å². The van der Waals surface area contributed by atoms with E-state index in [1.54, 1.807) is 20.8 Å². The van der Waals surface area contributed by atoms with Crippen LogP contribution in [-0.2, 0) is 47.5 Å². The summed E-state index contributed by atoms with van der Waals surface area (Å²) in [7, 11) is -4.70. The van der Waals surface area contributed by atoms with Crippen molar-refractivity contribution in [1.82, 2.24) is 20.2 Å². The lowest BCUT2D eigenvalue weighted by atomic mass is 9.95. The summed E-state index contributed by atoms with van der Waals surface area (Å²) in [5, 5.41) is 3.61. The number of hydrogen-bond donors (Lipinski definition) is 1. The van der Waals surface area contributed by atoms with Crippen molar-refractivity contribution in [2.24, 2.45) is 11.3 Å². The molecule has 42 heavy (non-hydrogen) atoms. The second kappa shape index (κ2) is 13.9. The molecule has 0 radical (unpaired) electrons. The number of hydroxylamine groups is 2. The van der Waals surface area contributed by atoms with Crippen LogP contribution in [0.3, 0.4) is 0 Å². The number of urea groups is 1. The monoisotopic (exact) mass is 620 g/mol. The number of esters is 2. The zero-order valence-electron chi connectivity index (χ0n) is 24.5. The van der Waals surface area contributed by atoms with Crippen molar-refractivity contribution < 1.29 is 55.1 Å². The number of ether oxygens (including phenoxy) is 3. The Morgan fingerprint density at radius 1 is 1.02 bits per heavy atom. The summed E-state index contributed by atoms with van der Waals surface area (Å²) < 4.78 is 49.5. The van der Waals surface area contributed by atoms with Crippen molar-refractivity contribution in [3.63, 3.8) is 0 Å². The van der Waals surface area contributed by atoms with E-state index in [0.717, 1.165) is 0 Å². The van der Waals surface area contributed by atoms with Crippen molar-refractivity contribution in [1.29, 1.82) is 0 Å². The largest absolute Gasteiger partial charge is 0.466 e. The SMILES string of the molecule is CCOC(=O)C(C)(C)COS(=O)(=O)ON1C(=O)N2C[C@H]1CC[C@H]2C(=O)NC1CCN(C(=O)OCOC(=O)C(C)C)CC1. The van der Waals surface area contributed by atoms with Gasteiger partial charge in [0.1, 0.15) is 6.04 Å². The molecule has 3 aliphatic rings. The van der Waals surface area contributed by atoms with Crippen LogP contribution in [0.15, 0.2) is 0 Å². The first-order valence-electron chi connectivity index (χ1n) is 13.9. The summed E-state index contributed by atoms with van der Waals surface area (Å²) in [4.78, 5) is 64.5. The van der Waals surface area contributed by atoms with Crippen molar-refractivity contribution in [3.05, 3.63) is 0 Å². The Labute approximate surface area is 245 Å². The number of nitrogens with zero attached hydrogens (tertiary/aromatic N) is 3. The standard InChI is InChI=1S/C25H40N4O12S/c1-6-37-22(32)25(4,5)14-40-42(35,36)41-29-18-7-8-19(28(13-18)23(29)33)20(30)26-17-9-11-27(12-10-17)24(34)39-15-38-21(31)16(2)3/h16-19H,6-15H2,1-5H3,(H,26,30)/t18-,19+/m1/s1. The molecular weight excluding hydrogens is 580 g/mol. The molecule has 1 N–H and O–H groups in total. The van der Waals surface area contributed by atoms with E-state index in [2.05, 4.69) is 5.32 Å². The number of likely N-dealkylation sites (tertiary alicyclic amines) is 1.